The van der Waals surface area contributed by atoms with Crippen LogP contribution in [0.3, 0.4) is 0 Å². The van der Waals surface area contributed by atoms with Gasteiger partial charge in [0.25, 0.3) is 0 Å². The molecular weight excluding hydrogens is 711 g/mol. The van der Waals surface area contributed by atoms with Gasteiger partial charge in [0.05, 0.1) is 34.6 Å². The molecule has 4 aliphatic rings. The lowest BCUT2D eigenvalue weighted by Crippen LogP contribution is -2.55. The van der Waals surface area contributed by atoms with E-state index in [2.05, 4.69) is 79.5 Å². The van der Waals surface area contributed by atoms with Crippen LogP contribution in [-0.2, 0) is 9.59 Å². The highest BCUT2D eigenvalue weighted by Crippen LogP contribution is 2.39. The summed E-state index contributed by atoms with van der Waals surface area (Å²) < 4.78 is 1.70. The summed E-state index contributed by atoms with van der Waals surface area (Å²) in [4.78, 5) is 36.4. The predicted octanol–water partition coefficient (Wildman–Crippen LogP) is 5.98. The highest BCUT2D eigenvalue weighted by molar-refractivity contribution is 7.18. The second-order valence-electron chi connectivity index (χ2n) is 15.1. The number of imide groups is 1. The molecule has 4 aromatic rings. The number of rotatable bonds is 11. The summed E-state index contributed by atoms with van der Waals surface area (Å²) in [5.74, 6) is 0.0763. The molecule has 13 nitrogen and oxygen atoms in total. The van der Waals surface area contributed by atoms with Crippen molar-refractivity contribution >= 4 is 52.5 Å². The first kappa shape index (κ1) is 36.6. The average Bonchev–Trinajstić information content (AvgIpc) is 3.90. The van der Waals surface area contributed by atoms with E-state index in [0.717, 1.165) is 83.3 Å². The van der Waals surface area contributed by atoms with Crippen LogP contribution in [0.4, 0.5) is 16.5 Å². The number of piperidine rings is 2. The molecule has 0 aliphatic carbocycles. The van der Waals surface area contributed by atoms with Crippen LogP contribution in [0.15, 0.2) is 59.3 Å². The molecular formula is C41H47N11O2S. The molecule has 284 valence electrons. The molecule has 14 heteroatoms. The van der Waals surface area contributed by atoms with Crippen LogP contribution in [0.5, 0.6) is 0 Å². The lowest BCUT2D eigenvalue weighted by atomic mass is 9.90. The number of nitrogens with one attached hydrogen (secondary N) is 2. The second-order valence-corrected chi connectivity index (χ2v) is 16.0. The summed E-state index contributed by atoms with van der Waals surface area (Å²) in [7, 11) is 0. The maximum absolute atomic E-state index is 12.3. The van der Waals surface area contributed by atoms with E-state index in [1.807, 2.05) is 24.4 Å². The van der Waals surface area contributed by atoms with E-state index in [1.54, 1.807) is 29.0 Å². The Kier molecular flexibility index (Phi) is 10.5. The van der Waals surface area contributed by atoms with Crippen LogP contribution >= 0.6 is 11.3 Å². The monoisotopic (exact) mass is 757 g/mol. The van der Waals surface area contributed by atoms with Crippen molar-refractivity contribution in [2.45, 2.75) is 70.4 Å². The number of pyridine rings is 1. The quantitative estimate of drug-likeness (QED) is 0.106. The fraction of sp³-hybridized carbons (Fsp3) is 0.439. The maximum Gasteiger partial charge on any atom is 0.234 e. The van der Waals surface area contributed by atoms with Gasteiger partial charge in [-0.2, -0.15) is 10.4 Å². The minimum absolute atomic E-state index is 0.176. The topological polar surface area (TPSA) is 148 Å². The number of nitrogens with zero attached hydrogens (tertiary/aromatic N) is 9. The van der Waals surface area contributed by atoms with Crippen molar-refractivity contribution in [3.63, 3.8) is 0 Å². The number of fused-ring (bicyclic) bond motifs is 2. The van der Waals surface area contributed by atoms with Crippen LogP contribution in [0.2, 0.25) is 0 Å². The van der Waals surface area contributed by atoms with Crippen molar-refractivity contribution in [3.05, 3.63) is 65.5 Å². The molecule has 7 heterocycles. The van der Waals surface area contributed by atoms with Crippen molar-refractivity contribution in [3.8, 4) is 28.0 Å². The predicted molar refractivity (Wildman–Crippen MR) is 217 cm³/mol. The van der Waals surface area contributed by atoms with Gasteiger partial charge < -0.3 is 15.1 Å². The number of carbonyl (C=O) groups is 2. The zero-order chi connectivity index (χ0) is 38.1. The van der Waals surface area contributed by atoms with Gasteiger partial charge in [0, 0.05) is 87.6 Å². The summed E-state index contributed by atoms with van der Waals surface area (Å²) in [6.45, 7) is 13.5. The minimum atomic E-state index is -0.243. The highest BCUT2D eigenvalue weighted by Gasteiger charge is 2.42. The number of piperazine rings is 1. The summed E-state index contributed by atoms with van der Waals surface area (Å²) in [6, 6.07) is 17.5. The lowest BCUT2D eigenvalue weighted by molar-refractivity contribution is -0.134. The van der Waals surface area contributed by atoms with E-state index in [9.17, 15) is 14.9 Å². The lowest BCUT2D eigenvalue weighted by Gasteiger charge is -2.43. The van der Waals surface area contributed by atoms with Gasteiger partial charge in [-0.3, -0.25) is 24.8 Å². The SMILES string of the molecule is C=Nn1c(/C=C(\C)C#N)ccc1-c1cc(NCC)c(-c2nnc(N3CC4CCC(C3)N4CC3CCN(c4ccc([C@H]5CCC(=O)NC5=O)cc4)CC3)s2)cn1. The van der Waals surface area contributed by atoms with Gasteiger partial charge in [-0.15, -0.1) is 10.2 Å². The van der Waals surface area contributed by atoms with Crippen molar-refractivity contribution in [1.29, 1.82) is 5.26 Å². The molecule has 2 unspecified atom stereocenters. The van der Waals surface area contributed by atoms with Gasteiger partial charge in [-0.1, -0.05) is 23.5 Å². The van der Waals surface area contributed by atoms with E-state index in [1.165, 1.54) is 31.4 Å². The van der Waals surface area contributed by atoms with Crippen LogP contribution in [0, 0.1) is 17.2 Å². The molecule has 0 radical (unpaired) electrons. The van der Waals surface area contributed by atoms with Gasteiger partial charge in [0.15, 0.2) is 5.01 Å². The summed E-state index contributed by atoms with van der Waals surface area (Å²) in [5.41, 5.74) is 6.91. The summed E-state index contributed by atoms with van der Waals surface area (Å²) in [6.07, 6.45) is 9.40. The first-order chi connectivity index (χ1) is 26.8. The molecule has 1 aromatic carbocycles. The van der Waals surface area contributed by atoms with Crippen LogP contribution in [0.25, 0.3) is 28.0 Å². The Bertz CT molecular complexity index is 2130. The molecule has 0 saturated carbocycles. The van der Waals surface area contributed by atoms with Crippen molar-refractivity contribution < 1.29 is 9.59 Å². The van der Waals surface area contributed by atoms with Gasteiger partial charge in [0.1, 0.15) is 0 Å². The molecule has 4 aliphatic heterocycles. The zero-order valence-electron chi connectivity index (χ0n) is 31.4. The van der Waals surface area contributed by atoms with Crippen LogP contribution in [-0.4, -0.2) is 94.6 Å². The zero-order valence-corrected chi connectivity index (χ0v) is 32.3. The molecule has 3 atom stereocenters. The van der Waals surface area contributed by atoms with Crippen LogP contribution in [0.1, 0.15) is 69.5 Å². The highest BCUT2D eigenvalue weighted by atomic mass is 32.1. The Morgan fingerprint density at radius 2 is 1.82 bits per heavy atom. The number of aromatic nitrogens is 4. The molecule has 55 heavy (non-hydrogen) atoms. The second kappa shape index (κ2) is 15.8. The normalized spacial score (nSPS) is 22.1. The van der Waals surface area contributed by atoms with Crippen molar-refractivity contribution in [2.75, 3.05) is 54.4 Å². The third kappa shape index (κ3) is 7.51. The molecule has 0 spiro atoms. The number of carbonyl (C=O) groups excluding carboxylic acids is 2. The Hall–Kier alpha value is -5.39. The number of hydrogen-bond acceptors (Lipinski definition) is 12. The number of allylic oxidation sites excluding steroid dienone is 1. The van der Waals surface area contributed by atoms with E-state index in [-0.39, 0.29) is 17.7 Å². The summed E-state index contributed by atoms with van der Waals surface area (Å²) in [5, 5.41) is 30.6. The average molecular weight is 758 g/mol. The van der Waals surface area contributed by atoms with E-state index < -0.39 is 0 Å². The van der Waals surface area contributed by atoms with E-state index >= 15 is 0 Å². The van der Waals surface area contributed by atoms with Gasteiger partial charge >= 0.3 is 0 Å². The van der Waals surface area contributed by atoms with Crippen LogP contribution < -0.4 is 20.4 Å². The Morgan fingerprint density at radius 1 is 1.05 bits per heavy atom. The molecule has 3 aromatic heterocycles. The number of anilines is 3. The number of hydrogen-bond donors (Lipinski definition) is 2. The minimum Gasteiger partial charge on any atom is -0.385 e. The first-order valence-electron chi connectivity index (χ1n) is 19.4. The van der Waals surface area contributed by atoms with Gasteiger partial charge in [-0.05, 0) is 93.8 Å². The number of nitriles is 1. The molecule has 4 fully saturated rings. The summed E-state index contributed by atoms with van der Waals surface area (Å²) >= 11 is 1.63. The fourth-order valence-corrected chi connectivity index (χ4v) is 9.65. The van der Waals surface area contributed by atoms with E-state index in [4.69, 9.17) is 10.1 Å². The third-order valence-electron chi connectivity index (χ3n) is 11.6. The van der Waals surface area contributed by atoms with E-state index in [0.29, 0.717) is 36.4 Å². The number of amides is 2. The Balaban J connectivity index is 0.884. The number of benzene rings is 1. The molecule has 2 bridgehead atoms. The molecule has 2 N–H and O–H groups in total. The van der Waals surface area contributed by atoms with Crippen molar-refractivity contribution in [2.24, 2.45) is 11.0 Å². The van der Waals surface area contributed by atoms with Gasteiger partial charge in [-0.25, -0.2) is 4.68 Å². The maximum atomic E-state index is 12.3. The Labute approximate surface area is 325 Å². The third-order valence-corrected chi connectivity index (χ3v) is 12.6. The standard InChI is InChI=1S/C41H47N11O2S/c1-4-44-35-20-36(37-13-11-30(52(37)43-3)19-26(2)21-42)45-22-34(35)40-47-48-41(55-40)50-24-31-9-10-32(25-50)51(31)23-27-15-17-49(18-16-27)29-7-5-28(6-8-29)33-12-14-38(53)46-39(33)54/h5-8,11,13,19-20,22,27,31-33H,3-4,9-10,12,14-18,23-25H2,1-2H3,(H,44,45)(H,46,53,54)/b26-19+/t31?,32?,33-/m1/s1. The Morgan fingerprint density at radius 3 is 2.51 bits per heavy atom. The van der Waals surface area contributed by atoms with Gasteiger partial charge in [0.2, 0.25) is 16.9 Å². The largest absolute Gasteiger partial charge is 0.385 e. The van der Waals surface area contributed by atoms with Crippen molar-refractivity contribution in [1.82, 2.24) is 30.1 Å². The fourth-order valence-electron chi connectivity index (χ4n) is 8.76. The molecule has 4 saturated heterocycles. The molecule has 8 rings (SSSR count). The molecule has 2 amide bonds. The smallest absolute Gasteiger partial charge is 0.234 e. The first-order valence-corrected chi connectivity index (χ1v) is 20.2.